The van der Waals surface area contributed by atoms with Gasteiger partial charge in [-0.05, 0) is 41.7 Å². The predicted molar refractivity (Wildman–Crippen MR) is 122 cm³/mol. The zero-order chi connectivity index (χ0) is 21.2. The third-order valence-corrected chi connectivity index (χ3v) is 6.15. The molecular weight excluding hydrogens is 388 g/mol. The Kier molecular flexibility index (Phi) is 5.34. The van der Waals surface area contributed by atoms with E-state index in [0.717, 1.165) is 35.7 Å². The van der Waals surface area contributed by atoms with E-state index in [1.165, 1.54) is 24.1 Å². The molecule has 5 rings (SSSR count). The summed E-state index contributed by atoms with van der Waals surface area (Å²) in [4.78, 5) is 19.7. The van der Waals surface area contributed by atoms with Crippen molar-refractivity contribution < 1.29 is 4.79 Å². The highest BCUT2D eigenvalue weighted by molar-refractivity contribution is 5.92. The minimum Gasteiger partial charge on any atom is -0.377 e. The second-order valence-electron chi connectivity index (χ2n) is 8.26. The summed E-state index contributed by atoms with van der Waals surface area (Å²) >= 11 is 0. The van der Waals surface area contributed by atoms with Gasteiger partial charge in [0.05, 0.1) is 13.1 Å². The van der Waals surface area contributed by atoms with Gasteiger partial charge in [0.15, 0.2) is 0 Å². The van der Waals surface area contributed by atoms with E-state index in [1.807, 2.05) is 30.5 Å². The number of nitrogens with two attached hydrogens (primary N) is 1. The number of carbonyl (C=O) groups excluding carboxylic acids is 1. The average Bonchev–Trinajstić information content (AvgIpc) is 3.45. The van der Waals surface area contributed by atoms with Crippen LogP contribution in [0, 0.1) is 0 Å². The Morgan fingerprint density at radius 2 is 1.87 bits per heavy atom. The highest BCUT2D eigenvalue weighted by Crippen LogP contribution is 2.29. The standard InChI is InChI=1S/C24H28N6O/c25-12-17-3-5-18(6-4-17)13-27-24(31)22-16-30-15-19-7-8-20(29-9-1-2-10-29)11-21(19)26-14-23(30)28-22/h3-8,11,16,26H,1-2,9-10,12-15,25H2,(H,27,31). The summed E-state index contributed by atoms with van der Waals surface area (Å²) in [6.07, 6.45) is 4.39. The molecule has 3 heterocycles. The second-order valence-corrected chi connectivity index (χ2v) is 8.26. The number of aromatic nitrogens is 2. The topological polar surface area (TPSA) is 88.2 Å². The smallest absolute Gasteiger partial charge is 0.271 e. The molecule has 2 aliphatic heterocycles. The van der Waals surface area contributed by atoms with E-state index < -0.39 is 0 Å². The molecule has 2 aromatic carbocycles. The van der Waals surface area contributed by atoms with Crippen LogP contribution in [0.25, 0.3) is 0 Å². The zero-order valence-corrected chi connectivity index (χ0v) is 17.6. The van der Waals surface area contributed by atoms with Crippen molar-refractivity contribution in [3.05, 3.63) is 76.9 Å². The molecule has 7 nitrogen and oxygen atoms in total. The fourth-order valence-corrected chi connectivity index (χ4v) is 4.30. The first-order valence-corrected chi connectivity index (χ1v) is 10.9. The lowest BCUT2D eigenvalue weighted by molar-refractivity contribution is 0.0946. The van der Waals surface area contributed by atoms with Crippen molar-refractivity contribution in [1.82, 2.24) is 14.9 Å². The molecule has 0 bridgehead atoms. The SMILES string of the molecule is NCc1ccc(CNC(=O)c2cn3c(n2)CNc2cc(N4CCCC4)ccc2C3)cc1. The monoisotopic (exact) mass is 416 g/mol. The van der Waals surface area contributed by atoms with Crippen LogP contribution in [0.1, 0.15) is 45.8 Å². The number of benzene rings is 2. The van der Waals surface area contributed by atoms with Crippen molar-refractivity contribution >= 4 is 17.3 Å². The molecule has 0 atom stereocenters. The van der Waals surface area contributed by atoms with Crippen LogP contribution in [0.5, 0.6) is 0 Å². The number of hydrogen-bond donors (Lipinski definition) is 3. The van der Waals surface area contributed by atoms with Crippen LogP contribution in [-0.4, -0.2) is 28.5 Å². The van der Waals surface area contributed by atoms with E-state index in [2.05, 4.69) is 43.3 Å². The molecule has 1 aromatic heterocycles. The van der Waals surface area contributed by atoms with Gasteiger partial charge in [-0.1, -0.05) is 30.3 Å². The van der Waals surface area contributed by atoms with E-state index in [-0.39, 0.29) is 5.91 Å². The van der Waals surface area contributed by atoms with Crippen LogP contribution in [-0.2, 0) is 26.2 Å². The summed E-state index contributed by atoms with van der Waals surface area (Å²) < 4.78 is 2.07. The highest BCUT2D eigenvalue weighted by atomic mass is 16.1. The number of carbonyl (C=O) groups is 1. The number of fused-ring (bicyclic) bond motifs is 2. The molecule has 0 unspecified atom stereocenters. The number of amides is 1. The molecule has 7 heteroatoms. The molecular formula is C24H28N6O. The molecule has 0 spiro atoms. The van der Waals surface area contributed by atoms with Gasteiger partial charge in [0.1, 0.15) is 11.5 Å². The first-order chi connectivity index (χ1) is 15.2. The van der Waals surface area contributed by atoms with Gasteiger partial charge in [0, 0.05) is 43.8 Å². The molecule has 4 N–H and O–H groups in total. The van der Waals surface area contributed by atoms with Crippen molar-refractivity contribution in [3.63, 3.8) is 0 Å². The average molecular weight is 417 g/mol. The largest absolute Gasteiger partial charge is 0.377 e. The molecule has 0 saturated carbocycles. The number of rotatable bonds is 5. The van der Waals surface area contributed by atoms with Crippen LogP contribution >= 0.6 is 0 Å². The molecule has 160 valence electrons. The van der Waals surface area contributed by atoms with Gasteiger partial charge >= 0.3 is 0 Å². The van der Waals surface area contributed by atoms with E-state index >= 15 is 0 Å². The second kappa shape index (κ2) is 8.43. The lowest BCUT2D eigenvalue weighted by Gasteiger charge is -2.19. The van der Waals surface area contributed by atoms with Crippen molar-refractivity contribution in [3.8, 4) is 0 Å². The van der Waals surface area contributed by atoms with Gasteiger partial charge < -0.3 is 25.8 Å². The normalized spacial score (nSPS) is 15.1. The van der Waals surface area contributed by atoms with Gasteiger partial charge in [-0.25, -0.2) is 4.98 Å². The highest BCUT2D eigenvalue weighted by Gasteiger charge is 2.20. The van der Waals surface area contributed by atoms with Gasteiger partial charge in [-0.3, -0.25) is 4.79 Å². The maximum atomic E-state index is 12.6. The van der Waals surface area contributed by atoms with Gasteiger partial charge in [0.25, 0.3) is 5.91 Å². The molecule has 1 fully saturated rings. The molecule has 31 heavy (non-hydrogen) atoms. The summed E-state index contributed by atoms with van der Waals surface area (Å²) in [5.74, 6) is 0.712. The fraction of sp³-hybridized carbons (Fsp3) is 0.333. The Labute approximate surface area is 182 Å². The minimum absolute atomic E-state index is 0.159. The summed E-state index contributed by atoms with van der Waals surface area (Å²) in [6.45, 7) is 4.56. The number of nitrogens with one attached hydrogen (secondary N) is 2. The van der Waals surface area contributed by atoms with E-state index in [4.69, 9.17) is 5.73 Å². The summed E-state index contributed by atoms with van der Waals surface area (Å²) in [6, 6.07) is 14.6. The number of nitrogens with zero attached hydrogens (tertiary/aromatic N) is 3. The summed E-state index contributed by atoms with van der Waals surface area (Å²) in [7, 11) is 0. The molecule has 0 radical (unpaired) electrons. The quantitative estimate of drug-likeness (QED) is 0.595. The number of hydrogen-bond acceptors (Lipinski definition) is 5. The molecule has 1 saturated heterocycles. The molecule has 1 amide bonds. The van der Waals surface area contributed by atoms with Crippen molar-refractivity contribution in [2.45, 2.75) is 39.0 Å². The molecule has 0 aliphatic carbocycles. The van der Waals surface area contributed by atoms with Gasteiger partial charge in [-0.15, -0.1) is 0 Å². The lowest BCUT2D eigenvalue weighted by Crippen LogP contribution is -2.23. The Balaban J connectivity index is 1.27. The van der Waals surface area contributed by atoms with Crippen LogP contribution < -0.4 is 21.3 Å². The van der Waals surface area contributed by atoms with E-state index in [0.29, 0.717) is 31.9 Å². The van der Waals surface area contributed by atoms with E-state index in [1.54, 1.807) is 0 Å². The van der Waals surface area contributed by atoms with Crippen molar-refractivity contribution in [2.24, 2.45) is 5.73 Å². The molecule has 3 aromatic rings. The summed E-state index contributed by atoms with van der Waals surface area (Å²) in [5.41, 5.74) is 11.9. The zero-order valence-electron chi connectivity index (χ0n) is 17.6. The summed E-state index contributed by atoms with van der Waals surface area (Å²) in [5, 5.41) is 6.48. The first-order valence-electron chi connectivity index (χ1n) is 10.9. The lowest BCUT2D eigenvalue weighted by atomic mass is 10.1. The van der Waals surface area contributed by atoms with Crippen LogP contribution in [0.4, 0.5) is 11.4 Å². The predicted octanol–water partition coefficient (Wildman–Crippen LogP) is 2.85. The van der Waals surface area contributed by atoms with Gasteiger partial charge in [0.2, 0.25) is 0 Å². The molecule has 2 aliphatic rings. The van der Waals surface area contributed by atoms with Crippen molar-refractivity contribution in [2.75, 3.05) is 23.3 Å². The first kappa shape index (κ1) is 19.6. The maximum absolute atomic E-state index is 12.6. The van der Waals surface area contributed by atoms with Gasteiger partial charge in [-0.2, -0.15) is 0 Å². The Morgan fingerprint density at radius 3 is 2.65 bits per heavy atom. The number of anilines is 2. The fourth-order valence-electron chi connectivity index (χ4n) is 4.30. The van der Waals surface area contributed by atoms with E-state index in [9.17, 15) is 4.79 Å². The van der Waals surface area contributed by atoms with Crippen LogP contribution in [0.2, 0.25) is 0 Å². The Hall–Kier alpha value is -3.32. The Morgan fingerprint density at radius 1 is 1.10 bits per heavy atom. The Bertz CT molecular complexity index is 1080. The number of imidazole rings is 1. The minimum atomic E-state index is -0.159. The van der Waals surface area contributed by atoms with Crippen molar-refractivity contribution in [1.29, 1.82) is 0 Å². The maximum Gasteiger partial charge on any atom is 0.271 e. The van der Waals surface area contributed by atoms with Crippen LogP contribution in [0.3, 0.4) is 0 Å². The third kappa shape index (κ3) is 4.14. The third-order valence-electron chi connectivity index (χ3n) is 6.15. The van der Waals surface area contributed by atoms with Crippen LogP contribution in [0.15, 0.2) is 48.7 Å².